The number of hydrogen-bond donors (Lipinski definition) is 1. The van der Waals surface area contributed by atoms with Crippen molar-refractivity contribution in [3.63, 3.8) is 0 Å². The molecule has 1 aliphatic carbocycles. The van der Waals surface area contributed by atoms with Gasteiger partial charge in [-0.1, -0.05) is 18.2 Å². The molecule has 1 heterocycles. The second-order valence-corrected chi connectivity index (χ2v) is 5.17. The summed E-state index contributed by atoms with van der Waals surface area (Å²) < 4.78 is 11.4. The number of ether oxygens (including phenoxy) is 2. The Morgan fingerprint density at radius 2 is 2.22 bits per heavy atom. The van der Waals surface area contributed by atoms with Crippen LogP contribution in [0.2, 0.25) is 0 Å². The van der Waals surface area contributed by atoms with Crippen molar-refractivity contribution in [2.75, 3.05) is 26.3 Å². The van der Waals surface area contributed by atoms with E-state index in [1.54, 1.807) is 0 Å². The van der Waals surface area contributed by atoms with Gasteiger partial charge in [-0.2, -0.15) is 0 Å². The number of aryl methyl sites for hydroxylation is 2. The van der Waals surface area contributed by atoms with Crippen molar-refractivity contribution in [3.8, 4) is 0 Å². The van der Waals surface area contributed by atoms with E-state index in [0.29, 0.717) is 13.2 Å². The maximum atomic E-state index is 5.75. The van der Waals surface area contributed by atoms with Crippen LogP contribution in [0.4, 0.5) is 0 Å². The van der Waals surface area contributed by atoms with E-state index in [4.69, 9.17) is 9.47 Å². The summed E-state index contributed by atoms with van der Waals surface area (Å²) >= 11 is 0. The van der Waals surface area contributed by atoms with Gasteiger partial charge in [-0.25, -0.2) is 0 Å². The zero-order valence-electron chi connectivity index (χ0n) is 10.8. The standard InChI is InChI=1S/C15H21NO2/c1-2-13-5-4-12(8-14(13)3-1)10-17-11-15-9-16-6-7-18-15/h4-5,8,15-16H,1-3,6-7,9-11H2. The molecule has 3 nitrogen and oxygen atoms in total. The van der Waals surface area contributed by atoms with Crippen LogP contribution in [0.1, 0.15) is 23.1 Å². The Morgan fingerprint density at radius 3 is 3.11 bits per heavy atom. The van der Waals surface area contributed by atoms with Crippen LogP contribution in [0.5, 0.6) is 0 Å². The fourth-order valence-corrected chi connectivity index (χ4v) is 2.75. The van der Waals surface area contributed by atoms with Crippen molar-refractivity contribution < 1.29 is 9.47 Å². The first-order chi connectivity index (χ1) is 8.92. The van der Waals surface area contributed by atoms with E-state index in [1.165, 1.54) is 36.0 Å². The Hall–Kier alpha value is -0.900. The maximum absolute atomic E-state index is 5.75. The van der Waals surface area contributed by atoms with E-state index in [0.717, 1.165) is 19.7 Å². The average Bonchev–Trinajstić information content (AvgIpc) is 2.87. The van der Waals surface area contributed by atoms with Crippen LogP contribution in [-0.2, 0) is 28.9 Å². The first-order valence-electron chi connectivity index (χ1n) is 6.92. The summed E-state index contributed by atoms with van der Waals surface area (Å²) in [4.78, 5) is 0. The number of nitrogens with one attached hydrogen (secondary N) is 1. The number of benzene rings is 1. The highest BCUT2D eigenvalue weighted by molar-refractivity contribution is 5.34. The Labute approximate surface area is 108 Å². The molecule has 1 saturated heterocycles. The van der Waals surface area contributed by atoms with Gasteiger partial charge in [0.05, 0.1) is 25.9 Å². The molecule has 1 fully saturated rings. The minimum absolute atomic E-state index is 0.216. The zero-order chi connectivity index (χ0) is 12.2. The molecule has 3 rings (SSSR count). The SMILES string of the molecule is c1cc2c(cc1COCC1CNCCO1)CCC2. The van der Waals surface area contributed by atoms with Gasteiger partial charge in [0.1, 0.15) is 0 Å². The summed E-state index contributed by atoms with van der Waals surface area (Å²) in [6.07, 6.45) is 4.01. The molecule has 3 heteroatoms. The molecule has 0 spiro atoms. The third-order valence-corrected chi connectivity index (χ3v) is 3.74. The number of fused-ring (bicyclic) bond motifs is 1. The van der Waals surface area contributed by atoms with E-state index in [-0.39, 0.29) is 6.10 Å². The Balaban J connectivity index is 1.48. The van der Waals surface area contributed by atoms with Crippen molar-refractivity contribution in [2.45, 2.75) is 32.0 Å². The van der Waals surface area contributed by atoms with Crippen LogP contribution in [0, 0.1) is 0 Å². The molecule has 0 radical (unpaired) electrons. The lowest BCUT2D eigenvalue weighted by molar-refractivity contribution is -0.0357. The van der Waals surface area contributed by atoms with E-state index in [1.807, 2.05) is 0 Å². The predicted molar refractivity (Wildman–Crippen MR) is 70.7 cm³/mol. The topological polar surface area (TPSA) is 30.5 Å². The van der Waals surface area contributed by atoms with Crippen molar-refractivity contribution in [1.29, 1.82) is 0 Å². The summed E-state index contributed by atoms with van der Waals surface area (Å²) in [6, 6.07) is 6.77. The molecule has 1 unspecified atom stereocenters. The van der Waals surface area contributed by atoms with E-state index >= 15 is 0 Å². The molecule has 18 heavy (non-hydrogen) atoms. The number of hydrogen-bond acceptors (Lipinski definition) is 3. The largest absolute Gasteiger partial charge is 0.374 e. The third-order valence-electron chi connectivity index (χ3n) is 3.74. The molecule has 1 aromatic rings. The monoisotopic (exact) mass is 247 g/mol. The van der Waals surface area contributed by atoms with Gasteiger partial charge in [-0.3, -0.25) is 0 Å². The van der Waals surface area contributed by atoms with Gasteiger partial charge in [-0.15, -0.1) is 0 Å². The lowest BCUT2D eigenvalue weighted by atomic mass is 10.1. The Morgan fingerprint density at radius 1 is 1.28 bits per heavy atom. The highest BCUT2D eigenvalue weighted by atomic mass is 16.5. The van der Waals surface area contributed by atoms with Crippen LogP contribution in [-0.4, -0.2) is 32.4 Å². The van der Waals surface area contributed by atoms with Gasteiger partial charge in [0.25, 0.3) is 0 Å². The highest BCUT2D eigenvalue weighted by Crippen LogP contribution is 2.23. The van der Waals surface area contributed by atoms with Gasteiger partial charge in [0.2, 0.25) is 0 Å². The van der Waals surface area contributed by atoms with Gasteiger partial charge in [-0.05, 0) is 36.0 Å². The van der Waals surface area contributed by atoms with Crippen LogP contribution < -0.4 is 5.32 Å². The zero-order valence-corrected chi connectivity index (χ0v) is 10.8. The fourth-order valence-electron chi connectivity index (χ4n) is 2.75. The molecule has 1 aromatic carbocycles. The highest BCUT2D eigenvalue weighted by Gasteiger charge is 2.14. The average molecular weight is 247 g/mol. The summed E-state index contributed by atoms with van der Waals surface area (Å²) in [5.74, 6) is 0. The molecule has 0 aromatic heterocycles. The lowest BCUT2D eigenvalue weighted by Crippen LogP contribution is -2.40. The molecule has 2 aliphatic rings. The molecule has 98 valence electrons. The number of morpholine rings is 1. The van der Waals surface area contributed by atoms with E-state index < -0.39 is 0 Å². The van der Waals surface area contributed by atoms with Crippen LogP contribution in [0.3, 0.4) is 0 Å². The summed E-state index contributed by atoms with van der Waals surface area (Å²) in [5.41, 5.74) is 4.34. The van der Waals surface area contributed by atoms with Crippen LogP contribution in [0.25, 0.3) is 0 Å². The molecule has 0 bridgehead atoms. The molecular weight excluding hydrogens is 226 g/mol. The Bertz CT molecular complexity index is 399. The van der Waals surface area contributed by atoms with Gasteiger partial charge < -0.3 is 14.8 Å². The van der Waals surface area contributed by atoms with Gasteiger partial charge in [0.15, 0.2) is 0 Å². The van der Waals surface area contributed by atoms with Crippen LogP contribution >= 0.6 is 0 Å². The van der Waals surface area contributed by atoms with E-state index in [2.05, 4.69) is 23.5 Å². The van der Waals surface area contributed by atoms with E-state index in [9.17, 15) is 0 Å². The van der Waals surface area contributed by atoms with Crippen molar-refractivity contribution in [2.24, 2.45) is 0 Å². The second-order valence-electron chi connectivity index (χ2n) is 5.17. The lowest BCUT2D eigenvalue weighted by Gasteiger charge is -2.23. The van der Waals surface area contributed by atoms with Gasteiger partial charge >= 0.3 is 0 Å². The first kappa shape index (κ1) is 12.2. The molecule has 1 atom stereocenters. The minimum Gasteiger partial charge on any atom is -0.374 e. The summed E-state index contributed by atoms with van der Waals surface area (Å²) in [6.45, 7) is 4.05. The fraction of sp³-hybridized carbons (Fsp3) is 0.600. The first-order valence-corrected chi connectivity index (χ1v) is 6.92. The minimum atomic E-state index is 0.216. The molecular formula is C15H21NO2. The van der Waals surface area contributed by atoms with Crippen molar-refractivity contribution in [1.82, 2.24) is 5.32 Å². The molecule has 1 N–H and O–H groups in total. The predicted octanol–water partition coefficient (Wildman–Crippen LogP) is 1.68. The van der Waals surface area contributed by atoms with Crippen LogP contribution in [0.15, 0.2) is 18.2 Å². The third kappa shape index (κ3) is 2.91. The normalized spacial score (nSPS) is 23.0. The molecule has 0 saturated carbocycles. The number of rotatable bonds is 4. The maximum Gasteiger partial charge on any atom is 0.0933 e. The van der Waals surface area contributed by atoms with Crippen molar-refractivity contribution >= 4 is 0 Å². The summed E-state index contributed by atoms with van der Waals surface area (Å²) in [7, 11) is 0. The Kier molecular flexibility index (Phi) is 3.93. The van der Waals surface area contributed by atoms with Crippen molar-refractivity contribution in [3.05, 3.63) is 34.9 Å². The van der Waals surface area contributed by atoms with Gasteiger partial charge in [0, 0.05) is 13.1 Å². The molecule has 1 aliphatic heterocycles. The summed E-state index contributed by atoms with van der Waals surface area (Å²) in [5, 5.41) is 3.31. The molecule has 0 amide bonds. The second kappa shape index (κ2) is 5.83. The quantitative estimate of drug-likeness (QED) is 0.878. The smallest absolute Gasteiger partial charge is 0.0933 e.